The van der Waals surface area contributed by atoms with Crippen LogP contribution in [-0.2, 0) is 12.6 Å². The summed E-state index contributed by atoms with van der Waals surface area (Å²) in [5.41, 5.74) is 3.36. The summed E-state index contributed by atoms with van der Waals surface area (Å²) in [5.74, 6) is 0.933. The lowest BCUT2D eigenvalue weighted by Crippen LogP contribution is -2.35. The summed E-state index contributed by atoms with van der Waals surface area (Å²) in [7, 11) is 0. The highest BCUT2D eigenvalue weighted by molar-refractivity contribution is 5.98. The molecule has 6 rings (SSSR count). The fraction of sp³-hybridized carbons (Fsp3) is 0.258. The number of aryl methyl sites for hydroxylation is 1. The Labute approximate surface area is 239 Å². The van der Waals surface area contributed by atoms with Crippen LogP contribution < -0.4 is 4.90 Å². The third kappa shape index (κ3) is 5.67. The summed E-state index contributed by atoms with van der Waals surface area (Å²) in [6, 6.07) is 16.2. The van der Waals surface area contributed by atoms with E-state index in [4.69, 9.17) is 14.5 Å². The average molecular weight is 573 g/mol. The van der Waals surface area contributed by atoms with Crippen LogP contribution in [0.1, 0.15) is 39.3 Å². The van der Waals surface area contributed by atoms with Crippen molar-refractivity contribution in [3.63, 3.8) is 0 Å². The molecule has 214 valence electrons. The maximum atomic E-state index is 13.2. The second-order valence-corrected chi connectivity index (χ2v) is 10.3. The van der Waals surface area contributed by atoms with Crippen molar-refractivity contribution in [1.82, 2.24) is 25.0 Å². The van der Waals surface area contributed by atoms with E-state index in [0.29, 0.717) is 67.5 Å². The number of pyridine rings is 1. The zero-order chi connectivity index (χ0) is 29.3. The summed E-state index contributed by atoms with van der Waals surface area (Å²) in [6.45, 7) is 3.92. The monoisotopic (exact) mass is 572 g/mol. The Morgan fingerprint density at radius 2 is 1.74 bits per heavy atom. The minimum Gasteiger partial charge on any atom is -0.354 e. The van der Waals surface area contributed by atoms with E-state index in [0.717, 1.165) is 28.8 Å². The van der Waals surface area contributed by atoms with E-state index in [1.165, 1.54) is 12.1 Å². The molecule has 4 heterocycles. The summed E-state index contributed by atoms with van der Waals surface area (Å²) in [5, 5.41) is 4.99. The minimum absolute atomic E-state index is 0.221. The SMILES string of the molecule is Cc1ccc(Cc2nc(N3CCCN(C(=O)c4ccc(C(F)(F)F)cc4)CC3)c3c(-c4cccnc4)noc3n2)cc1. The van der Waals surface area contributed by atoms with E-state index >= 15 is 0 Å². The van der Waals surface area contributed by atoms with Crippen LogP contribution in [0.15, 0.2) is 77.6 Å². The van der Waals surface area contributed by atoms with Crippen molar-refractivity contribution in [1.29, 1.82) is 0 Å². The summed E-state index contributed by atoms with van der Waals surface area (Å²) < 4.78 is 44.7. The van der Waals surface area contributed by atoms with Gasteiger partial charge in [-0.15, -0.1) is 0 Å². The van der Waals surface area contributed by atoms with Crippen molar-refractivity contribution in [2.75, 3.05) is 31.1 Å². The normalized spacial score (nSPS) is 14.3. The lowest BCUT2D eigenvalue weighted by atomic mass is 10.1. The number of carbonyl (C=O) groups excluding carboxylic acids is 1. The third-order valence-electron chi connectivity index (χ3n) is 7.32. The maximum absolute atomic E-state index is 13.2. The first kappa shape index (κ1) is 27.4. The van der Waals surface area contributed by atoms with Gasteiger partial charge in [-0.25, -0.2) is 4.98 Å². The molecule has 5 aromatic rings. The molecule has 0 bridgehead atoms. The first-order chi connectivity index (χ1) is 20.3. The first-order valence-corrected chi connectivity index (χ1v) is 13.6. The molecule has 0 spiro atoms. The Morgan fingerprint density at radius 1 is 0.952 bits per heavy atom. The number of benzene rings is 2. The highest BCUT2D eigenvalue weighted by atomic mass is 19.4. The van der Waals surface area contributed by atoms with Crippen LogP contribution in [0.2, 0.25) is 0 Å². The topological polar surface area (TPSA) is 88.3 Å². The predicted octanol–water partition coefficient (Wildman–Crippen LogP) is 5.95. The fourth-order valence-corrected chi connectivity index (χ4v) is 5.09. The van der Waals surface area contributed by atoms with Crippen molar-refractivity contribution >= 4 is 22.8 Å². The van der Waals surface area contributed by atoms with Gasteiger partial charge in [-0.2, -0.15) is 18.2 Å². The van der Waals surface area contributed by atoms with Crippen molar-refractivity contribution in [2.45, 2.75) is 25.9 Å². The number of alkyl halides is 3. The molecular formula is C31H27F3N6O2. The van der Waals surface area contributed by atoms with Gasteiger partial charge in [0.05, 0.1) is 5.56 Å². The quantitative estimate of drug-likeness (QED) is 0.257. The number of nitrogens with zero attached hydrogens (tertiary/aromatic N) is 6. The summed E-state index contributed by atoms with van der Waals surface area (Å²) in [4.78, 5) is 30.9. The largest absolute Gasteiger partial charge is 0.416 e. The molecule has 8 nitrogen and oxygen atoms in total. The van der Waals surface area contributed by atoms with E-state index in [2.05, 4.69) is 15.0 Å². The highest BCUT2D eigenvalue weighted by Crippen LogP contribution is 2.34. The lowest BCUT2D eigenvalue weighted by Gasteiger charge is -2.24. The Bertz CT molecular complexity index is 1700. The van der Waals surface area contributed by atoms with Gasteiger partial charge in [-0.05, 0) is 55.3 Å². The van der Waals surface area contributed by atoms with Gasteiger partial charge in [0.25, 0.3) is 11.6 Å². The Morgan fingerprint density at radius 3 is 2.45 bits per heavy atom. The number of carbonyl (C=O) groups is 1. The van der Waals surface area contributed by atoms with Gasteiger partial charge >= 0.3 is 6.18 Å². The van der Waals surface area contributed by atoms with E-state index < -0.39 is 11.7 Å². The van der Waals surface area contributed by atoms with Crippen molar-refractivity contribution in [3.8, 4) is 11.3 Å². The van der Waals surface area contributed by atoms with Crippen LogP contribution in [-0.4, -0.2) is 57.1 Å². The van der Waals surface area contributed by atoms with Crippen LogP contribution >= 0.6 is 0 Å². The van der Waals surface area contributed by atoms with Crippen LogP contribution in [0.4, 0.5) is 19.0 Å². The number of hydrogen-bond acceptors (Lipinski definition) is 7. The predicted molar refractivity (Wildman–Crippen MR) is 151 cm³/mol. The molecule has 0 N–H and O–H groups in total. The number of amides is 1. The van der Waals surface area contributed by atoms with E-state index in [9.17, 15) is 18.0 Å². The molecule has 42 heavy (non-hydrogen) atoms. The van der Waals surface area contributed by atoms with Crippen LogP contribution in [0.3, 0.4) is 0 Å². The van der Waals surface area contributed by atoms with Gasteiger partial charge in [-0.3, -0.25) is 9.78 Å². The van der Waals surface area contributed by atoms with E-state index in [1.54, 1.807) is 17.3 Å². The minimum atomic E-state index is -4.46. The zero-order valence-corrected chi connectivity index (χ0v) is 22.8. The molecule has 2 aromatic carbocycles. The number of aromatic nitrogens is 4. The Hall–Kier alpha value is -4.80. The molecule has 0 unspecified atom stereocenters. The highest BCUT2D eigenvalue weighted by Gasteiger charge is 2.31. The molecule has 3 aromatic heterocycles. The second-order valence-electron chi connectivity index (χ2n) is 10.3. The van der Waals surface area contributed by atoms with Gasteiger partial charge in [0.15, 0.2) is 0 Å². The van der Waals surface area contributed by atoms with Gasteiger partial charge in [0.2, 0.25) is 0 Å². The van der Waals surface area contributed by atoms with E-state index in [1.807, 2.05) is 43.3 Å². The zero-order valence-electron chi connectivity index (χ0n) is 22.8. The molecule has 0 saturated carbocycles. The number of anilines is 1. The molecule has 1 saturated heterocycles. The van der Waals surface area contributed by atoms with Crippen LogP contribution in [0.5, 0.6) is 0 Å². The van der Waals surface area contributed by atoms with Crippen molar-refractivity contribution in [3.05, 3.63) is 101 Å². The smallest absolute Gasteiger partial charge is 0.354 e. The number of fused-ring (bicyclic) bond motifs is 1. The second kappa shape index (κ2) is 11.2. The summed E-state index contributed by atoms with van der Waals surface area (Å²) >= 11 is 0. The summed E-state index contributed by atoms with van der Waals surface area (Å²) in [6.07, 6.45) is 0.0633. The van der Waals surface area contributed by atoms with Crippen LogP contribution in [0, 0.1) is 6.92 Å². The lowest BCUT2D eigenvalue weighted by molar-refractivity contribution is -0.137. The molecule has 0 atom stereocenters. The van der Waals surface area contributed by atoms with Crippen LogP contribution in [0.25, 0.3) is 22.4 Å². The van der Waals surface area contributed by atoms with E-state index in [-0.39, 0.29) is 11.5 Å². The van der Waals surface area contributed by atoms with Gasteiger partial charge < -0.3 is 14.3 Å². The molecule has 0 radical (unpaired) electrons. The van der Waals surface area contributed by atoms with Gasteiger partial charge in [0.1, 0.15) is 22.7 Å². The molecule has 1 aliphatic heterocycles. The fourth-order valence-electron chi connectivity index (χ4n) is 5.09. The molecule has 1 fully saturated rings. The molecule has 1 amide bonds. The first-order valence-electron chi connectivity index (χ1n) is 13.6. The maximum Gasteiger partial charge on any atom is 0.416 e. The standard InChI is InChI=1S/C31H27F3N6O2/c1-20-5-7-21(8-6-20)18-25-36-28(26-27(38-42-29(26)37-25)23-4-2-13-35-19-23)39-14-3-15-40(17-16-39)30(41)22-9-11-24(12-10-22)31(32,33)34/h2,4-13,19H,3,14-18H2,1H3. The molecule has 11 heteroatoms. The van der Waals surface area contributed by atoms with Crippen molar-refractivity contribution < 1.29 is 22.5 Å². The Kier molecular flexibility index (Phi) is 7.32. The average Bonchev–Trinajstić information content (AvgIpc) is 3.26. The number of halogens is 3. The number of hydrogen-bond donors (Lipinski definition) is 0. The Balaban J connectivity index is 1.31. The molecule has 1 aliphatic rings. The van der Waals surface area contributed by atoms with Gasteiger partial charge in [0, 0.05) is 56.1 Å². The van der Waals surface area contributed by atoms with Crippen molar-refractivity contribution in [2.24, 2.45) is 0 Å². The van der Waals surface area contributed by atoms with Gasteiger partial charge in [-0.1, -0.05) is 35.0 Å². The number of rotatable bonds is 5. The molecular weight excluding hydrogens is 545 g/mol. The molecule has 0 aliphatic carbocycles. The third-order valence-corrected chi connectivity index (χ3v) is 7.32.